The van der Waals surface area contributed by atoms with Crippen molar-refractivity contribution in [1.29, 1.82) is 0 Å². The Morgan fingerprint density at radius 1 is 1.20 bits per heavy atom. The van der Waals surface area contributed by atoms with E-state index < -0.39 is 11.9 Å². The van der Waals surface area contributed by atoms with E-state index in [1.165, 1.54) is 9.58 Å². The Morgan fingerprint density at radius 2 is 2.03 bits per heavy atom. The Morgan fingerprint density at radius 3 is 2.83 bits per heavy atom. The van der Waals surface area contributed by atoms with Gasteiger partial charge in [-0.05, 0) is 36.8 Å². The molecule has 178 valence electrons. The Hall–Kier alpha value is -4.25. The number of nitrogen functional groups attached to an aromatic ring is 1. The smallest absolute Gasteiger partial charge is 0.255 e. The molecule has 12 heteroatoms. The molecular weight excluding hydrogens is 474 g/mol. The molecule has 11 nitrogen and oxygen atoms in total. The first-order chi connectivity index (χ1) is 16.8. The molecule has 0 spiro atoms. The SMILES string of the molecule is Nc1ccc(Cl)c(-c2cn(CC(=O)Nc3cccc4c3CN(C3CCC(=O)NC3=O)C4=O)nn2)c1. The Bertz CT molecular complexity index is 1390. The molecular formula is C23H20ClN7O4. The van der Waals surface area contributed by atoms with Gasteiger partial charge in [0.15, 0.2) is 0 Å². The largest absolute Gasteiger partial charge is 0.399 e. The monoisotopic (exact) mass is 493 g/mol. The molecule has 3 heterocycles. The maximum Gasteiger partial charge on any atom is 0.255 e. The number of imide groups is 1. The van der Waals surface area contributed by atoms with Crippen molar-refractivity contribution >= 4 is 46.6 Å². The minimum atomic E-state index is -0.733. The molecule has 0 radical (unpaired) electrons. The van der Waals surface area contributed by atoms with Gasteiger partial charge in [0.25, 0.3) is 5.91 Å². The number of piperidine rings is 1. The lowest BCUT2D eigenvalue weighted by atomic mass is 10.0. The molecule has 5 rings (SSSR count). The summed E-state index contributed by atoms with van der Waals surface area (Å²) in [4.78, 5) is 50.9. The van der Waals surface area contributed by atoms with Gasteiger partial charge in [0.2, 0.25) is 17.7 Å². The number of nitrogens with two attached hydrogens (primary N) is 1. The predicted octanol–water partition coefficient (Wildman–Crippen LogP) is 1.58. The quantitative estimate of drug-likeness (QED) is 0.360. The van der Waals surface area contributed by atoms with E-state index in [0.717, 1.165) is 0 Å². The zero-order chi connectivity index (χ0) is 24.7. The van der Waals surface area contributed by atoms with Crippen LogP contribution in [0.25, 0.3) is 11.3 Å². The molecule has 1 atom stereocenters. The van der Waals surface area contributed by atoms with E-state index in [2.05, 4.69) is 20.9 Å². The van der Waals surface area contributed by atoms with Gasteiger partial charge < -0.3 is 16.0 Å². The number of amides is 4. The van der Waals surface area contributed by atoms with E-state index in [4.69, 9.17) is 17.3 Å². The van der Waals surface area contributed by atoms with Gasteiger partial charge in [-0.15, -0.1) is 5.10 Å². The molecule has 2 aliphatic rings. The maximum absolute atomic E-state index is 12.9. The van der Waals surface area contributed by atoms with Gasteiger partial charge in [-0.2, -0.15) is 0 Å². The average Bonchev–Trinajstić information content (AvgIpc) is 3.41. The standard InChI is InChI=1S/C23H20ClN7O4/c24-16-5-4-12(25)8-14(16)18-10-30(29-28-18)11-21(33)26-17-3-1-2-13-15(17)9-31(23(13)35)19-6-7-20(32)27-22(19)34/h1-5,8,10,19H,6-7,9,11,25H2,(H,26,33)(H,27,32,34). The zero-order valence-corrected chi connectivity index (χ0v) is 19.1. The second-order valence-electron chi connectivity index (χ2n) is 8.32. The number of carbonyl (C=O) groups excluding carboxylic acids is 4. The van der Waals surface area contributed by atoms with Gasteiger partial charge in [-0.25, -0.2) is 4.68 Å². The van der Waals surface area contributed by atoms with Crippen LogP contribution < -0.4 is 16.4 Å². The van der Waals surface area contributed by atoms with Crippen molar-refractivity contribution in [3.63, 3.8) is 0 Å². The number of anilines is 2. The van der Waals surface area contributed by atoms with Gasteiger partial charge in [0.05, 0.1) is 11.2 Å². The summed E-state index contributed by atoms with van der Waals surface area (Å²) in [6, 6.07) is 9.28. The van der Waals surface area contributed by atoms with Crippen LogP contribution in [0.15, 0.2) is 42.6 Å². The molecule has 1 saturated heterocycles. The first-order valence-corrected chi connectivity index (χ1v) is 11.2. The average molecular weight is 494 g/mol. The van der Waals surface area contributed by atoms with Gasteiger partial charge in [-0.3, -0.25) is 24.5 Å². The lowest BCUT2D eigenvalue weighted by molar-refractivity contribution is -0.137. The summed E-state index contributed by atoms with van der Waals surface area (Å²) in [6.07, 6.45) is 2.02. The minimum absolute atomic E-state index is 0.124. The zero-order valence-electron chi connectivity index (χ0n) is 18.3. The van der Waals surface area contributed by atoms with E-state index >= 15 is 0 Å². The number of nitrogens with zero attached hydrogens (tertiary/aromatic N) is 4. The van der Waals surface area contributed by atoms with E-state index in [0.29, 0.717) is 38.8 Å². The van der Waals surface area contributed by atoms with Crippen LogP contribution in [0.1, 0.15) is 28.8 Å². The lowest BCUT2D eigenvalue weighted by Gasteiger charge is -2.29. The highest BCUT2D eigenvalue weighted by atomic mass is 35.5. The molecule has 4 amide bonds. The van der Waals surface area contributed by atoms with Crippen molar-refractivity contribution in [2.75, 3.05) is 11.1 Å². The molecule has 0 saturated carbocycles. The van der Waals surface area contributed by atoms with Crippen molar-refractivity contribution in [2.24, 2.45) is 0 Å². The number of nitrogens with one attached hydrogen (secondary N) is 2. The number of halogens is 1. The van der Waals surface area contributed by atoms with Crippen molar-refractivity contribution in [3.8, 4) is 11.3 Å². The number of hydrogen-bond donors (Lipinski definition) is 3. The number of hydrogen-bond acceptors (Lipinski definition) is 7. The van der Waals surface area contributed by atoms with Gasteiger partial charge >= 0.3 is 0 Å². The third-order valence-electron chi connectivity index (χ3n) is 5.97. The number of fused-ring (bicyclic) bond motifs is 1. The summed E-state index contributed by atoms with van der Waals surface area (Å²) in [5, 5.41) is 13.6. The molecule has 1 aromatic heterocycles. The Balaban J connectivity index is 1.30. The number of carbonyl (C=O) groups is 4. The molecule has 3 aromatic rings. The van der Waals surface area contributed by atoms with Crippen LogP contribution >= 0.6 is 11.6 Å². The Labute approximate surface area is 204 Å². The van der Waals surface area contributed by atoms with Crippen LogP contribution in [-0.4, -0.2) is 49.6 Å². The second kappa shape index (κ2) is 8.84. The van der Waals surface area contributed by atoms with E-state index in [9.17, 15) is 19.2 Å². The normalized spacial score (nSPS) is 17.3. The lowest BCUT2D eigenvalue weighted by Crippen LogP contribution is -2.52. The number of benzene rings is 2. The Kier molecular flexibility index (Phi) is 5.69. The van der Waals surface area contributed by atoms with Gasteiger partial charge in [0.1, 0.15) is 18.3 Å². The minimum Gasteiger partial charge on any atom is -0.399 e. The summed E-state index contributed by atoms with van der Waals surface area (Å²) >= 11 is 6.22. The first-order valence-electron chi connectivity index (χ1n) is 10.8. The molecule has 1 unspecified atom stereocenters. The fourth-order valence-corrected chi connectivity index (χ4v) is 4.49. The van der Waals surface area contributed by atoms with Crippen molar-refractivity contribution in [2.45, 2.75) is 32.0 Å². The summed E-state index contributed by atoms with van der Waals surface area (Å²) in [6.45, 7) is 0.0275. The van der Waals surface area contributed by atoms with E-state index in [1.807, 2.05) is 0 Å². The number of aromatic nitrogens is 3. The van der Waals surface area contributed by atoms with E-state index in [1.54, 1.807) is 42.6 Å². The molecule has 2 aromatic carbocycles. The topological polar surface area (TPSA) is 152 Å². The highest BCUT2D eigenvalue weighted by molar-refractivity contribution is 6.33. The van der Waals surface area contributed by atoms with Crippen LogP contribution in [0, 0.1) is 0 Å². The van der Waals surface area contributed by atoms with E-state index in [-0.39, 0.29) is 43.7 Å². The first kappa shape index (κ1) is 22.5. The van der Waals surface area contributed by atoms with Crippen molar-refractivity contribution in [1.82, 2.24) is 25.2 Å². The molecule has 4 N–H and O–H groups in total. The van der Waals surface area contributed by atoms with Crippen LogP contribution in [0.4, 0.5) is 11.4 Å². The summed E-state index contributed by atoms with van der Waals surface area (Å²) < 4.78 is 1.37. The molecule has 0 bridgehead atoms. The highest BCUT2D eigenvalue weighted by Crippen LogP contribution is 2.32. The second-order valence-corrected chi connectivity index (χ2v) is 8.73. The predicted molar refractivity (Wildman–Crippen MR) is 126 cm³/mol. The highest BCUT2D eigenvalue weighted by Gasteiger charge is 2.39. The summed E-state index contributed by atoms with van der Waals surface area (Å²) in [7, 11) is 0. The van der Waals surface area contributed by atoms with Crippen LogP contribution in [0.2, 0.25) is 5.02 Å². The van der Waals surface area contributed by atoms with Crippen LogP contribution in [0.3, 0.4) is 0 Å². The molecule has 1 fully saturated rings. The van der Waals surface area contributed by atoms with Crippen molar-refractivity contribution < 1.29 is 19.2 Å². The third kappa shape index (κ3) is 4.33. The van der Waals surface area contributed by atoms with Crippen molar-refractivity contribution in [3.05, 3.63) is 58.7 Å². The molecule has 35 heavy (non-hydrogen) atoms. The maximum atomic E-state index is 12.9. The van der Waals surface area contributed by atoms with Gasteiger partial charge in [-0.1, -0.05) is 22.9 Å². The summed E-state index contributed by atoms with van der Waals surface area (Å²) in [5.74, 6) is -1.53. The van der Waals surface area contributed by atoms with Crippen LogP contribution in [0.5, 0.6) is 0 Å². The van der Waals surface area contributed by atoms with Gasteiger partial charge in [0, 0.05) is 41.0 Å². The third-order valence-corrected chi connectivity index (χ3v) is 6.30. The number of rotatable bonds is 5. The molecule has 2 aliphatic heterocycles. The summed E-state index contributed by atoms with van der Waals surface area (Å²) in [5.41, 5.74) is 8.91. The fourth-order valence-electron chi connectivity index (χ4n) is 4.28. The molecule has 0 aliphatic carbocycles. The van der Waals surface area contributed by atoms with Crippen LogP contribution in [-0.2, 0) is 27.5 Å². The fraction of sp³-hybridized carbons (Fsp3) is 0.217.